The Balaban J connectivity index is 1.95. The van der Waals surface area contributed by atoms with E-state index in [1.165, 1.54) is 0 Å². The Bertz CT molecular complexity index is 501. The molecule has 0 saturated carbocycles. The number of carbonyl (C=O) groups is 1. The van der Waals surface area contributed by atoms with Gasteiger partial charge in [0.05, 0.1) is 5.02 Å². The van der Waals surface area contributed by atoms with Crippen molar-refractivity contribution in [1.29, 1.82) is 0 Å². The first kappa shape index (κ1) is 14.1. The highest BCUT2D eigenvalue weighted by Gasteiger charge is 2.18. The summed E-state index contributed by atoms with van der Waals surface area (Å²) in [6.45, 7) is 1.64. The average Bonchev–Trinajstić information content (AvgIpc) is 2.90. The number of amides is 1. The number of likely N-dealkylation sites (tertiary alicyclic amines) is 1. The Hall–Kier alpha value is -1.33. The van der Waals surface area contributed by atoms with Gasteiger partial charge in [0.1, 0.15) is 10.7 Å². The first-order chi connectivity index (χ1) is 9.08. The van der Waals surface area contributed by atoms with Gasteiger partial charge in [-0.05, 0) is 31.0 Å². The van der Waals surface area contributed by atoms with Crippen molar-refractivity contribution in [3.63, 3.8) is 0 Å². The number of nitrogens with zero attached hydrogens (tertiary/aromatic N) is 1. The highest BCUT2D eigenvalue weighted by molar-refractivity contribution is 7.80. The molecule has 1 amide bonds. The van der Waals surface area contributed by atoms with Crippen LogP contribution >= 0.6 is 23.8 Å². The van der Waals surface area contributed by atoms with Gasteiger partial charge in [0.2, 0.25) is 0 Å². The largest absolute Gasteiger partial charge is 0.482 e. The summed E-state index contributed by atoms with van der Waals surface area (Å²) in [5.74, 6) is 0.459. The van der Waals surface area contributed by atoms with Crippen LogP contribution < -0.4 is 10.5 Å². The zero-order chi connectivity index (χ0) is 13.8. The number of thiocarbonyl (C=S) groups is 1. The summed E-state index contributed by atoms with van der Waals surface area (Å²) in [6, 6.07) is 5.04. The van der Waals surface area contributed by atoms with Crippen LogP contribution in [0.25, 0.3) is 0 Å². The van der Waals surface area contributed by atoms with Crippen LogP contribution in [0.3, 0.4) is 0 Å². The molecule has 1 aliphatic rings. The maximum atomic E-state index is 11.8. The molecule has 0 aliphatic carbocycles. The molecular weight excluding hydrogens is 284 g/mol. The lowest BCUT2D eigenvalue weighted by Crippen LogP contribution is -2.32. The van der Waals surface area contributed by atoms with E-state index in [9.17, 15) is 4.79 Å². The zero-order valence-corrected chi connectivity index (χ0v) is 12.0. The van der Waals surface area contributed by atoms with Crippen molar-refractivity contribution < 1.29 is 9.53 Å². The second-order valence-corrected chi connectivity index (χ2v) is 5.23. The Morgan fingerprint density at radius 3 is 2.68 bits per heavy atom. The van der Waals surface area contributed by atoms with Crippen LogP contribution in [0, 0.1) is 0 Å². The maximum absolute atomic E-state index is 11.8. The summed E-state index contributed by atoms with van der Waals surface area (Å²) >= 11 is 10.9. The van der Waals surface area contributed by atoms with Crippen molar-refractivity contribution >= 4 is 34.7 Å². The first-order valence-corrected chi connectivity index (χ1v) is 6.86. The van der Waals surface area contributed by atoms with Gasteiger partial charge in [-0.2, -0.15) is 0 Å². The van der Waals surface area contributed by atoms with E-state index in [4.69, 9.17) is 34.3 Å². The van der Waals surface area contributed by atoms with E-state index in [-0.39, 0.29) is 17.5 Å². The summed E-state index contributed by atoms with van der Waals surface area (Å²) < 4.78 is 5.44. The molecule has 102 valence electrons. The Morgan fingerprint density at radius 1 is 1.42 bits per heavy atom. The van der Waals surface area contributed by atoms with Crippen molar-refractivity contribution in [3.8, 4) is 5.75 Å². The van der Waals surface area contributed by atoms with Gasteiger partial charge >= 0.3 is 0 Å². The smallest absolute Gasteiger partial charge is 0.260 e. The molecule has 2 rings (SSSR count). The molecule has 0 bridgehead atoms. The molecule has 1 heterocycles. The number of rotatable bonds is 4. The summed E-state index contributed by atoms with van der Waals surface area (Å²) in [6.07, 6.45) is 2.13. The number of carbonyl (C=O) groups excluding carboxylic acids is 1. The van der Waals surface area contributed by atoms with Gasteiger partial charge in [-0.1, -0.05) is 23.8 Å². The molecule has 0 atom stereocenters. The third-order valence-corrected chi connectivity index (χ3v) is 3.56. The van der Waals surface area contributed by atoms with E-state index >= 15 is 0 Å². The van der Waals surface area contributed by atoms with Crippen molar-refractivity contribution in [2.45, 2.75) is 12.8 Å². The number of benzene rings is 1. The lowest BCUT2D eigenvalue weighted by molar-refractivity contribution is -0.132. The van der Waals surface area contributed by atoms with Gasteiger partial charge in [-0.15, -0.1) is 0 Å². The Kier molecular flexibility index (Phi) is 4.61. The molecule has 0 unspecified atom stereocenters. The van der Waals surface area contributed by atoms with Gasteiger partial charge in [0, 0.05) is 18.7 Å². The van der Waals surface area contributed by atoms with Crippen LogP contribution in [-0.2, 0) is 4.79 Å². The standard InChI is InChI=1S/C13H15ClN2O2S/c14-10-7-9(13(15)19)3-4-11(10)18-8-12(17)16-5-1-2-6-16/h3-4,7H,1-2,5-6,8H2,(H2,15,19). The van der Waals surface area contributed by atoms with Crippen molar-refractivity contribution in [1.82, 2.24) is 4.90 Å². The quantitative estimate of drug-likeness (QED) is 0.864. The van der Waals surface area contributed by atoms with Crippen LogP contribution in [0.1, 0.15) is 18.4 Å². The van der Waals surface area contributed by atoms with Crippen LogP contribution in [0.5, 0.6) is 5.75 Å². The summed E-state index contributed by atoms with van der Waals surface area (Å²) in [5.41, 5.74) is 6.19. The second kappa shape index (κ2) is 6.21. The van der Waals surface area contributed by atoms with Gasteiger partial charge in [-0.3, -0.25) is 4.79 Å². The molecule has 1 aliphatic heterocycles. The molecular formula is C13H15ClN2O2S. The summed E-state index contributed by atoms with van der Waals surface area (Å²) in [5, 5.41) is 0.402. The van der Waals surface area contributed by atoms with Gasteiger partial charge in [0.25, 0.3) is 5.91 Å². The molecule has 0 aromatic heterocycles. The van der Waals surface area contributed by atoms with Crippen LogP contribution in [-0.4, -0.2) is 35.5 Å². The maximum Gasteiger partial charge on any atom is 0.260 e. The van der Waals surface area contributed by atoms with Crippen LogP contribution in [0.15, 0.2) is 18.2 Å². The number of halogens is 1. The minimum absolute atomic E-state index is 0.00609. The van der Waals surface area contributed by atoms with E-state index in [1.807, 2.05) is 0 Å². The topological polar surface area (TPSA) is 55.6 Å². The van der Waals surface area contributed by atoms with E-state index in [0.717, 1.165) is 25.9 Å². The highest BCUT2D eigenvalue weighted by Crippen LogP contribution is 2.25. The fourth-order valence-electron chi connectivity index (χ4n) is 1.97. The Morgan fingerprint density at radius 2 is 2.11 bits per heavy atom. The van der Waals surface area contributed by atoms with Gasteiger partial charge in [-0.25, -0.2) is 0 Å². The molecule has 0 spiro atoms. The van der Waals surface area contributed by atoms with Gasteiger partial charge in [0.15, 0.2) is 6.61 Å². The number of hydrogen-bond acceptors (Lipinski definition) is 3. The third kappa shape index (κ3) is 3.58. The number of hydrogen-bond donors (Lipinski definition) is 1. The van der Waals surface area contributed by atoms with Crippen molar-refractivity contribution in [2.75, 3.05) is 19.7 Å². The van der Waals surface area contributed by atoms with Crippen molar-refractivity contribution in [2.24, 2.45) is 5.73 Å². The summed E-state index contributed by atoms with van der Waals surface area (Å²) in [7, 11) is 0. The molecule has 1 fully saturated rings. The zero-order valence-electron chi connectivity index (χ0n) is 10.4. The van der Waals surface area contributed by atoms with Gasteiger partial charge < -0.3 is 15.4 Å². The SMILES string of the molecule is NC(=S)c1ccc(OCC(=O)N2CCCC2)c(Cl)c1. The predicted octanol–water partition coefficient (Wildman–Crippen LogP) is 1.98. The second-order valence-electron chi connectivity index (χ2n) is 4.39. The number of ether oxygens (including phenoxy) is 1. The minimum Gasteiger partial charge on any atom is -0.482 e. The Labute approximate surface area is 122 Å². The molecule has 6 heteroatoms. The molecule has 0 radical (unpaired) electrons. The normalized spacial score (nSPS) is 14.5. The first-order valence-electron chi connectivity index (χ1n) is 6.08. The summed E-state index contributed by atoms with van der Waals surface area (Å²) in [4.78, 5) is 13.9. The fraction of sp³-hybridized carbons (Fsp3) is 0.385. The fourth-order valence-corrected chi connectivity index (χ4v) is 2.33. The molecule has 1 aromatic carbocycles. The predicted molar refractivity (Wildman–Crippen MR) is 78.6 cm³/mol. The van der Waals surface area contributed by atoms with E-state index < -0.39 is 0 Å². The molecule has 1 saturated heterocycles. The average molecular weight is 299 g/mol. The van der Waals surface area contributed by atoms with E-state index in [1.54, 1.807) is 23.1 Å². The minimum atomic E-state index is -0.00742. The van der Waals surface area contributed by atoms with E-state index in [0.29, 0.717) is 16.3 Å². The third-order valence-electron chi connectivity index (χ3n) is 3.03. The lowest BCUT2D eigenvalue weighted by atomic mass is 10.2. The molecule has 4 nitrogen and oxygen atoms in total. The molecule has 19 heavy (non-hydrogen) atoms. The number of nitrogens with two attached hydrogens (primary N) is 1. The lowest BCUT2D eigenvalue weighted by Gasteiger charge is -2.16. The molecule has 2 N–H and O–H groups in total. The van der Waals surface area contributed by atoms with Crippen LogP contribution in [0.4, 0.5) is 0 Å². The monoisotopic (exact) mass is 298 g/mol. The van der Waals surface area contributed by atoms with E-state index in [2.05, 4.69) is 0 Å². The highest BCUT2D eigenvalue weighted by atomic mass is 35.5. The van der Waals surface area contributed by atoms with Crippen molar-refractivity contribution in [3.05, 3.63) is 28.8 Å². The molecule has 1 aromatic rings. The van der Waals surface area contributed by atoms with Crippen LogP contribution in [0.2, 0.25) is 5.02 Å².